The number of ether oxygens (including phenoxy) is 1. The van der Waals surface area contributed by atoms with E-state index in [2.05, 4.69) is 27.1 Å². The topological polar surface area (TPSA) is 87.6 Å². The minimum Gasteiger partial charge on any atom is -0.465 e. The summed E-state index contributed by atoms with van der Waals surface area (Å²) in [6, 6.07) is 7.63. The van der Waals surface area contributed by atoms with Crippen LogP contribution in [0.15, 0.2) is 24.3 Å². The maximum atomic E-state index is 11.7. The number of fused-ring (bicyclic) bond motifs is 1. The highest BCUT2D eigenvalue weighted by atomic mass is 16.5. The van der Waals surface area contributed by atoms with Crippen LogP contribution in [0.3, 0.4) is 0 Å². The Labute approximate surface area is 159 Å². The van der Waals surface area contributed by atoms with Gasteiger partial charge in [-0.1, -0.05) is 13.0 Å². The van der Waals surface area contributed by atoms with Crippen molar-refractivity contribution in [2.75, 3.05) is 30.5 Å². The van der Waals surface area contributed by atoms with Gasteiger partial charge in [-0.3, -0.25) is 0 Å². The van der Waals surface area contributed by atoms with E-state index in [9.17, 15) is 9.90 Å². The molecule has 0 radical (unpaired) electrons. The van der Waals surface area contributed by atoms with Crippen LogP contribution in [-0.4, -0.2) is 47.3 Å². The Morgan fingerprint density at radius 2 is 2.15 bits per heavy atom. The molecule has 0 fully saturated rings. The summed E-state index contributed by atoms with van der Waals surface area (Å²) in [4.78, 5) is 23.1. The minimum atomic E-state index is -0.308. The van der Waals surface area contributed by atoms with E-state index in [0.717, 1.165) is 37.4 Å². The van der Waals surface area contributed by atoms with Crippen LogP contribution < -0.4 is 10.2 Å². The van der Waals surface area contributed by atoms with E-state index < -0.39 is 0 Å². The van der Waals surface area contributed by atoms with E-state index in [1.54, 1.807) is 0 Å². The molecule has 0 amide bonds. The Balaban J connectivity index is 1.84. The number of benzene rings is 1. The van der Waals surface area contributed by atoms with Crippen LogP contribution in [0.4, 0.5) is 11.8 Å². The Morgan fingerprint density at radius 1 is 1.33 bits per heavy atom. The molecule has 3 rings (SSSR count). The molecule has 1 aliphatic rings. The number of aryl methyl sites for hydroxylation is 1. The number of aliphatic hydroxyl groups excluding tert-OH is 1. The third kappa shape index (κ3) is 4.36. The number of carbonyl (C=O) groups excluding carboxylic acids is 1. The molecule has 0 unspecified atom stereocenters. The summed E-state index contributed by atoms with van der Waals surface area (Å²) in [5.41, 5.74) is 3.90. The number of carbonyl (C=O) groups is 1. The van der Waals surface area contributed by atoms with Gasteiger partial charge in [0.15, 0.2) is 0 Å². The van der Waals surface area contributed by atoms with E-state index in [4.69, 9.17) is 4.74 Å². The molecule has 0 spiro atoms. The van der Waals surface area contributed by atoms with Crippen molar-refractivity contribution < 1.29 is 14.6 Å². The first-order valence-corrected chi connectivity index (χ1v) is 9.24. The number of hydrogen-bond acceptors (Lipinski definition) is 7. The fourth-order valence-electron chi connectivity index (χ4n) is 3.15. The van der Waals surface area contributed by atoms with Gasteiger partial charge in [0.05, 0.1) is 19.3 Å². The number of anilines is 2. The van der Waals surface area contributed by atoms with Crippen LogP contribution in [0.5, 0.6) is 0 Å². The molecule has 0 bridgehead atoms. The lowest BCUT2D eigenvalue weighted by molar-refractivity contribution is 0.0600. The molecule has 1 atom stereocenters. The second kappa shape index (κ2) is 8.35. The van der Waals surface area contributed by atoms with Crippen molar-refractivity contribution in [1.29, 1.82) is 0 Å². The van der Waals surface area contributed by atoms with Gasteiger partial charge < -0.3 is 20.1 Å². The molecule has 0 aliphatic carbocycles. The Kier molecular flexibility index (Phi) is 5.91. The number of aromatic nitrogens is 2. The van der Waals surface area contributed by atoms with Crippen molar-refractivity contribution >= 4 is 17.7 Å². The summed E-state index contributed by atoms with van der Waals surface area (Å²) in [7, 11) is 1.40. The maximum Gasteiger partial charge on any atom is 0.337 e. The van der Waals surface area contributed by atoms with Crippen LogP contribution in [0.25, 0.3) is 0 Å². The molecule has 1 aromatic carbocycles. The maximum absolute atomic E-state index is 11.7. The first kappa shape index (κ1) is 19.1. The highest BCUT2D eigenvalue weighted by molar-refractivity contribution is 5.89. The second-order valence-corrected chi connectivity index (χ2v) is 6.77. The molecule has 1 aliphatic heterocycles. The normalized spacial score (nSPS) is 14.4. The van der Waals surface area contributed by atoms with Gasteiger partial charge in [-0.15, -0.1) is 0 Å². The molecule has 1 aromatic heterocycles. The van der Waals surface area contributed by atoms with Crippen molar-refractivity contribution in [2.24, 2.45) is 0 Å². The number of nitrogens with one attached hydrogen (secondary N) is 1. The average molecular weight is 370 g/mol. The first-order chi connectivity index (χ1) is 13.0. The zero-order valence-electron chi connectivity index (χ0n) is 16.0. The van der Waals surface area contributed by atoms with E-state index in [0.29, 0.717) is 11.5 Å². The SMILES string of the molecule is CCc1cc(N2CCc3cc(C(=O)OC)ccc3C2)nc(N[C@@H](C)CO)n1. The van der Waals surface area contributed by atoms with Crippen LogP contribution in [0.1, 0.15) is 41.0 Å². The number of hydrogen-bond donors (Lipinski definition) is 2. The van der Waals surface area contributed by atoms with Gasteiger partial charge in [0.25, 0.3) is 0 Å². The molecule has 27 heavy (non-hydrogen) atoms. The highest BCUT2D eigenvalue weighted by Crippen LogP contribution is 2.25. The standard InChI is InChI=1S/C20H26N4O3/c1-4-17-10-18(23-20(22-17)21-13(2)12-25)24-8-7-14-9-15(19(26)27-3)5-6-16(14)11-24/h5-6,9-10,13,25H,4,7-8,11-12H2,1-3H3,(H,21,22,23)/t13-/m0/s1. The first-order valence-electron chi connectivity index (χ1n) is 9.24. The van der Waals surface area contributed by atoms with Crippen molar-refractivity contribution in [2.45, 2.75) is 39.3 Å². The fraction of sp³-hybridized carbons (Fsp3) is 0.450. The Hall–Kier alpha value is -2.67. The average Bonchev–Trinajstić information content (AvgIpc) is 2.71. The second-order valence-electron chi connectivity index (χ2n) is 6.77. The predicted molar refractivity (Wildman–Crippen MR) is 104 cm³/mol. The zero-order valence-corrected chi connectivity index (χ0v) is 16.0. The minimum absolute atomic E-state index is 0.0225. The third-order valence-electron chi connectivity index (χ3n) is 4.74. The highest BCUT2D eigenvalue weighted by Gasteiger charge is 2.20. The summed E-state index contributed by atoms with van der Waals surface area (Å²) < 4.78 is 4.81. The molecule has 0 saturated carbocycles. The fourth-order valence-corrected chi connectivity index (χ4v) is 3.15. The Bertz CT molecular complexity index is 825. The lowest BCUT2D eigenvalue weighted by atomic mass is 9.97. The van der Waals surface area contributed by atoms with Crippen LogP contribution >= 0.6 is 0 Å². The molecular formula is C20H26N4O3. The number of esters is 1. The Morgan fingerprint density at radius 3 is 2.85 bits per heavy atom. The molecule has 2 N–H and O–H groups in total. The number of methoxy groups -OCH3 is 1. The molecule has 7 heteroatoms. The lowest BCUT2D eigenvalue weighted by Gasteiger charge is -2.30. The van der Waals surface area contributed by atoms with Gasteiger partial charge in [0.1, 0.15) is 5.82 Å². The predicted octanol–water partition coefficient (Wildman–Crippen LogP) is 2.18. The van der Waals surface area contributed by atoms with E-state index in [1.807, 2.05) is 31.2 Å². The van der Waals surface area contributed by atoms with Crippen molar-refractivity contribution in [3.63, 3.8) is 0 Å². The van der Waals surface area contributed by atoms with Gasteiger partial charge in [0.2, 0.25) is 5.95 Å². The third-order valence-corrected chi connectivity index (χ3v) is 4.74. The van der Waals surface area contributed by atoms with Gasteiger partial charge in [0, 0.05) is 30.9 Å². The van der Waals surface area contributed by atoms with Crippen LogP contribution in [0.2, 0.25) is 0 Å². The summed E-state index contributed by atoms with van der Waals surface area (Å²) in [5.74, 6) is 1.10. The monoisotopic (exact) mass is 370 g/mol. The van der Waals surface area contributed by atoms with E-state index in [1.165, 1.54) is 18.2 Å². The smallest absolute Gasteiger partial charge is 0.337 e. The van der Waals surface area contributed by atoms with Gasteiger partial charge in [-0.25, -0.2) is 9.78 Å². The van der Waals surface area contributed by atoms with Gasteiger partial charge in [-0.05, 0) is 43.0 Å². The molecule has 0 saturated heterocycles. The number of rotatable bonds is 6. The van der Waals surface area contributed by atoms with Crippen molar-refractivity contribution in [3.8, 4) is 0 Å². The summed E-state index contributed by atoms with van der Waals surface area (Å²) in [5, 5.41) is 12.4. The van der Waals surface area contributed by atoms with Crippen LogP contribution in [-0.2, 0) is 24.1 Å². The van der Waals surface area contributed by atoms with Crippen molar-refractivity contribution in [1.82, 2.24) is 9.97 Å². The molecule has 7 nitrogen and oxygen atoms in total. The largest absolute Gasteiger partial charge is 0.465 e. The number of nitrogens with zero attached hydrogens (tertiary/aromatic N) is 3. The molecule has 2 aromatic rings. The summed E-state index contributed by atoms with van der Waals surface area (Å²) in [6.07, 6.45) is 1.64. The van der Waals surface area contributed by atoms with Gasteiger partial charge in [-0.2, -0.15) is 4.98 Å². The summed E-state index contributed by atoms with van der Waals surface area (Å²) >= 11 is 0. The molecule has 2 heterocycles. The van der Waals surface area contributed by atoms with Crippen LogP contribution in [0, 0.1) is 0 Å². The molecular weight excluding hydrogens is 344 g/mol. The van der Waals surface area contributed by atoms with E-state index in [-0.39, 0.29) is 18.6 Å². The zero-order chi connectivity index (χ0) is 19.4. The quantitative estimate of drug-likeness (QED) is 0.754. The van der Waals surface area contributed by atoms with E-state index >= 15 is 0 Å². The van der Waals surface area contributed by atoms with Crippen molar-refractivity contribution in [3.05, 3.63) is 46.6 Å². The number of aliphatic hydroxyl groups is 1. The summed E-state index contributed by atoms with van der Waals surface area (Å²) in [6.45, 7) is 5.51. The molecule has 144 valence electrons. The lowest BCUT2D eigenvalue weighted by Crippen LogP contribution is -2.32. The van der Waals surface area contributed by atoms with Gasteiger partial charge >= 0.3 is 5.97 Å².